The molecule has 1 rings (SSSR count). The fourth-order valence-corrected chi connectivity index (χ4v) is 2.92. The van der Waals surface area contributed by atoms with Crippen LogP contribution in [0.15, 0.2) is 18.2 Å². The van der Waals surface area contributed by atoms with Gasteiger partial charge in [-0.15, -0.1) is 0 Å². The highest BCUT2D eigenvalue weighted by molar-refractivity contribution is 14.1. The van der Waals surface area contributed by atoms with Gasteiger partial charge in [0, 0.05) is 9.61 Å². The Hall–Kier alpha value is -0.160. The molecule has 1 aromatic carbocycles. The highest BCUT2D eigenvalue weighted by atomic mass is 127. The van der Waals surface area contributed by atoms with Crippen LogP contribution in [0.1, 0.15) is 57.6 Å². The van der Waals surface area contributed by atoms with Crippen molar-refractivity contribution in [3.8, 4) is 0 Å². The lowest BCUT2D eigenvalue weighted by atomic mass is 10.0. The molecule has 0 heterocycles. The summed E-state index contributed by atoms with van der Waals surface area (Å²) < 4.78 is 14.2. The summed E-state index contributed by atoms with van der Waals surface area (Å²) in [5.74, 6) is -0.147. The Morgan fingerprint density at radius 2 is 2.00 bits per heavy atom. The Labute approximate surface area is 124 Å². The zero-order chi connectivity index (χ0) is 13.4. The molecule has 0 fully saturated rings. The van der Waals surface area contributed by atoms with E-state index < -0.39 is 0 Å². The van der Waals surface area contributed by atoms with Crippen molar-refractivity contribution in [3.63, 3.8) is 0 Å². The molecule has 102 valence electrons. The summed E-state index contributed by atoms with van der Waals surface area (Å²) in [6.07, 6.45) is 5.99. The van der Waals surface area contributed by atoms with E-state index >= 15 is 0 Å². The standard InChI is InChI=1S/C15H23FIN/c1-3-5-6-7-15(18-10-4-2)13-9-8-12(16)11-14(13)17/h8-9,11,15,18H,3-7,10H2,1-2H3. The molecule has 0 saturated carbocycles. The number of hydrogen-bond donors (Lipinski definition) is 1. The van der Waals surface area contributed by atoms with Crippen LogP contribution >= 0.6 is 22.6 Å². The summed E-state index contributed by atoms with van der Waals surface area (Å²) in [5.41, 5.74) is 1.24. The maximum absolute atomic E-state index is 13.1. The van der Waals surface area contributed by atoms with Gasteiger partial charge >= 0.3 is 0 Å². The first kappa shape index (κ1) is 15.9. The molecule has 1 N–H and O–H groups in total. The SMILES string of the molecule is CCCCCC(NCCC)c1ccc(F)cc1I. The molecule has 1 unspecified atom stereocenters. The lowest BCUT2D eigenvalue weighted by Crippen LogP contribution is -2.23. The van der Waals surface area contributed by atoms with Gasteiger partial charge in [0.2, 0.25) is 0 Å². The summed E-state index contributed by atoms with van der Waals surface area (Å²) in [7, 11) is 0. The smallest absolute Gasteiger partial charge is 0.124 e. The molecule has 0 aliphatic rings. The van der Waals surface area contributed by atoms with Gasteiger partial charge in [-0.05, 0) is 59.7 Å². The van der Waals surface area contributed by atoms with Gasteiger partial charge in [-0.25, -0.2) is 4.39 Å². The minimum atomic E-state index is -0.147. The molecule has 0 aliphatic carbocycles. The summed E-state index contributed by atoms with van der Waals surface area (Å²) in [4.78, 5) is 0. The Balaban J connectivity index is 2.73. The van der Waals surface area contributed by atoms with Crippen LogP contribution in [-0.4, -0.2) is 6.54 Å². The van der Waals surface area contributed by atoms with Crippen LogP contribution in [0.25, 0.3) is 0 Å². The largest absolute Gasteiger partial charge is 0.310 e. The van der Waals surface area contributed by atoms with Crippen molar-refractivity contribution < 1.29 is 4.39 Å². The van der Waals surface area contributed by atoms with Crippen molar-refractivity contribution >= 4 is 22.6 Å². The number of halogens is 2. The number of nitrogens with one attached hydrogen (secondary N) is 1. The molecule has 3 heteroatoms. The van der Waals surface area contributed by atoms with E-state index in [0.717, 1.165) is 23.0 Å². The van der Waals surface area contributed by atoms with E-state index in [9.17, 15) is 4.39 Å². The van der Waals surface area contributed by atoms with Crippen molar-refractivity contribution in [3.05, 3.63) is 33.1 Å². The number of unbranched alkanes of at least 4 members (excludes halogenated alkanes) is 2. The van der Waals surface area contributed by atoms with Gasteiger partial charge in [0.25, 0.3) is 0 Å². The van der Waals surface area contributed by atoms with Crippen LogP contribution in [0, 0.1) is 9.39 Å². The van der Waals surface area contributed by atoms with Crippen LogP contribution in [0.5, 0.6) is 0 Å². The van der Waals surface area contributed by atoms with Crippen molar-refractivity contribution in [2.45, 2.75) is 52.0 Å². The van der Waals surface area contributed by atoms with Gasteiger partial charge in [-0.1, -0.05) is 39.2 Å². The molecule has 0 aromatic heterocycles. The predicted molar refractivity (Wildman–Crippen MR) is 84.3 cm³/mol. The third-order valence-corrected chi connectivity index (χ3v) is 4.01. The van der Waals surface area contributed by atoms with Crippen molar-refractivity contribution in [1.82, 2.24) is 5.32 Å². The van der Waals surface area contributed by atoms with E-state index in [2.05, 4.69) is 41.8 Å². The number of rotatable bonds is 8. The predicted octanol–water partition coefficient (Wildman–Crippen LogP) is 5.05. The molecule has 0 aliphatic heterocycles. The second-order valence-electron chi connectivity index (χ2n) is 4.67. The summed E-state index contributed by atoms with van der Waals surface area (Å²) >= 11 is 2.23. The molecular formula is C15H23FIN. The first-order chi connectivity index (χ1) is 8.69. The van der Waals surface area contributed by atoms with E-state index in [-0.39, 0.29) is 5.82 Å². The Bertz CT molecular complexity index is 354. The zero-order valence-corrected chi connectivity index (χ0v) is 13.5. The number of benzene rings is 1. The minimum absolute atomic E-state index is 0.147. The fourth-order valence-electron chi connectivity index (χ4n) is 2.07. The quantitative estimate of drug-likeness (QED) is 0.503. The molecule has 0 saturated heterocycles. The van der Waals surface area contributed by atoms with Gasteiger partial charge < -0.3 is 5.32 Å². The second-order valence-corrected chi connectivity index (χ2v) is 5.83. The van der Waals surface area contributed by atoms with Crippen LogP contribution in [-0.2, 0) is 0 Å². The first-order valence-corrected chi connectivity index (χ1v) is 7.95. The van der Waals surface area contributed by atoms with Crippen molar-refractivity contribution in [2.24, 2.45) is 0 Å². The van der Waals surface area contributed by atoms with Crippen LogP contribution in [0.2, 0.25) is 0 Å². The average Bonchev–Trinajstić information content (AvgIpc) is 2.34. The summed E-state index contributed by atoms with van der Waals surface area (Å²) in [6.45, 7) is 5.41. The van der Waals surface area contributed by atoms with Gasteiger partial charge in [0.1, 0.15) is 5.82 Å². The molecule has 1 nitrogen and oxygen atoms in total. The zero-order valence-electron chi connectivity index (χ0n) is 11.3. The molecule has 0 amide bonds. The average molecular weight is 363 g/mol. The van der Waals surface area contributed by atoms with E-state index in [1.54, 1.807) is 12.1 Å². The van der Waals surface area contributed by atoms with E-state index in [4.69, 9.17) is 0 Å². The second kappa shape index (κ2) is 8.86. The molecular weight excluding hydrogens is 340 g/mol. The Kier molecular flexibility index (Phi) is 7.82. The molecule has 0 radical (unpaired) electrons. The van der Waals surface area contributed by atoms with E-state index in [1.807, 2.05) is 6.07 Å². The highest BCUT2D eigenvalue weighted by Crippen LogP contribution is 2.25. The third-order valence-electron chi connectivity index (χ3n) is 3.08. The summed E-state index contributed by atoms with van der Waals surface area (Å²) in [5, 5.41) is 3.58. The lowest BCUT2D eigenvalue weighted by Gasteiger charge is -2.20. The van der Waals surface area contributed by atoms with Gasteiger partial charge in [-0.2, -0.15) is 0 Å². The normalized spacial score (nSPS) is 12.7. The number of hydrogen-bond acceptors (Lipinski definition) is 1. The lowest BCUT2D eigenvalue weighted by molar-refractivity contribution is 0.472. The summed E-state index contributed by atoms with van der Waals surface area (Å²) in [6, 6.07) is 5.48. The molecule has 0 bridgehead atoms. The molecule has 0 spiro atoms. The fraction of sp³-hybridized carbons (Fsp3) is 0.600. The van der Waals surface area contributed by atoms with E-state index in [1.165, 1.54) is 24.8 Å². The monoisotopic (exact) mass is 363 g/mol. The maximum atomic E-state index is 13.1. The first-order valence-electron chi connectivity index (χ1n) is 6.87. The Morgan fingerprint density at radius 1 is 1.22 bits per heavy atom. The Morgan fingerprint density at radius 3 is 2.61 bits per heavy atom. The van der Waals surface area contributed by atoms with Crippen LogP contribution < -0.4 is 5.32 Å². The van der Waals surface area contributed by atoms with Crippen LogP contribution in [0.3, 0.4) is 0 Å². The maximum Gasteiger partial charge on any atom is 0.124 e. The highest BCUT2D eigenvalue weighted by Gasteiger charge is 2.13. The van der Waals surface area contributed by atoms with Gasteiger partial charge in [-0.3, -0.25) is 0 Å². The third kappa shape index (κ3) is 5.22. The minimum Gasteiger partial charge on any atom is -0.310 e. The van der Waals surface area contributed by atoms with Crippen LogP contribution in [0.4, 0.5) is 4.39 Å². The molecule has 1 aromatic rings. The van der Waals surface area contributed by atoms with Gasteiger partial charge in [0.05, 0.1) is 0 Å². The van der Waals surface area contributed by atoms with Crippen molar-refractivity contribution in [1.29, 1.82) is 0 Å². The molecule has 1 atom stereocenters. The molecule has 18 heavy (non-hydrogen) atoms. The topological polar surface area (TPSA) is 12.0 Å². The van der Waals surface area contributed by atoms with E-state index in [0.29, 0.717) is 6.04 Å². The van der Waals surface area contributed by atoms with Gasteiger partial charge in [0.15, 0.2) is 0 Å². The van der Waals surface area contributed by atoms with Crippen molar-refractivity contribution in [2.75, 3.05) is 6.54 Å².